The summed E-state index contributed by atoms with van der Waals surface area (Å²) >= 11 is 0. The van der Waals surface area contributed by atoms with Gasteiger partial charge in [-0.25, -0.2) is 13.8 Å². The van der Waals surface area contributed by atoms with Crippen molar-refractivity contribution in [2.45, 2.75) is 24.9 Å². The lowest BCUT2D eigenvalue weighted by molar-refractivity contribution is -0.123. The Bertz CT molecular complexity index is 1220. The lowest BCUT2D eigenvalue weighted by atomic mass is 9.98. The van der Waals surface area contributed by atoms with E-state index >= 15 is 0 Å². The number of hydrogen-bond donors (Lipinski definition) is 1. The molecule has 160 valence electrons. The molecule has 2 N–H and O–H groups in total. The van der Waals surface area contributed by atoms with Crippen molar-refractivity contribution in [1.29, 1.82) is 5.26 Å². The number of aromatic nitrogens is 1. The highest BCUT2D eigenvalue weighted by atomic mass is 19.1. The number of rotatable bonds is 5. The SMILES string of the molecule is N#Cc1ccc(C(=O)N([C@@H]2CCc3c(F)cc(F)cc32)[C@@H](C(N)=O)c2ccccc2)cn1. The van der Waals surface area contributed by atoms with Crippen LogP contribution in [0.15, 0.2) is 60.8 Å². The van der Waals surface area contributed by atoms with Gasteiger partial charge in [0, 0.05) is 12.3 Å². The van der Waals surface area contributed by atoms with Crippen molar-refractivity contribution < 1.29 is 18.4 Å². The molecule has 0 saturated heterocycles. The Balaban J connectivity index is 1.87. The maximum atomic E-state index is 14.4. The smallest absolute Gasteiger partial charge is 0.256 e. The Kier molecular flexibility index (Phi) is 5.65. The summed E-state index contributed by atoms with van der Waals surface area (Å²) in [5.41, 5.74) is 7.07. The molecule has 0 aliphatic heterocycles. The van der Waals surface area contributed by atoms with Crippen molar-refractivity contribution in [2.24, 2.45) is 5.73 Å². The fourth-order valence-corrected chi connectivity index (χ4v) is 4.18. The van der Waals surface area contributed by atoms with Crippen molar-refractivity contribution in [1.82, 2.24) is 9.88 Å². The average Bonchev–Trinajstić information content (AvgIpc) is 3.21. The molecule has 1 aliphatic rings. The van der Waals surface area contributed by atoms with Gasteiger partial charge in [-0.1, -0.05) is 30.3 Å². The van der Waals surface area contributed by atoms with E-state index in [-0.39, 0.29) is 17.7 Å². The molecule has 2 amide bonds. The maximum Gasteiger partial charge on any atom is 0.256 e. The summed E-state index contributed by atoms with van der Waals surface area (Å²) in [6.07, 6.45) is 1.81. The molecule has 0 unspecified atom stereocenters. The first-order chi connectivity index (χ1) is 15.4. The normalized spacial score (nSPS) is 15.5. The number of nitrogens with two attached hydrogens (primary N) is 1. The fourth-order valence-electron chi connectivity index (χ4n) is 4.18. The van der Waals surface area contributed by atoms with Crippen LogP contribution in [0.4, 0.5) is 8.78 Å². The van der Waals surface area contributed by atoms with Crippen LogP contribution >= 0.6 is 0 Å². The molecule has 32 heavy (non-hydrogen) atoms. The first-order valence-electron chi connectivity index (χ1n) is 9.91. The predicted molar refractivity (Wildman–Crippen MR) is 111 cm³/mol. The summed E-state index contributed by atoms with van der Waals surface area (Å²) in [6, 6.07) is 13.2. The average molecular weight is 432 g/mol. The molecular formula is C24H18F2N4O2. The Morgan fingerprint density at radius 1 is 1.16 bits per heavy atom. The molecule has 0 radical (unpaired) electrons. The minimum atomic E-state index is -1.18. The van der Waals surface area contributed by atoms with Gasteiger partial charge in [0.25, 0.3) is 5.91 Å². The second-order valence-corrected chi connectivity index (χ2v) is 7.48. The number of amides is 2. The van der Waals surface area contributed by atoms with E-state index in [9.17, 15) is 18.4 Å². The molecule has 1 heterocycles. The molecule has 4 rings (SSSR count). The van der Waals surface area contributed by atoms with Crippen molar-refractivity contribution in [2.75, 3.05) is 0 Å². The van der Waals surface area contributed by atoms with Gasteiger partial charge >= 0.3 is 0 Å². The number of halogens is 2. The largest absolute Gasteiger partial charge is 0.368 e. The lowest BCUT2D eigenvalue weighted by Gasteiger charge is -2.35. The molecule has 3 aromatic rings. The molecule has 0 spiro atoms. The summed E-state index contributed by atoms with van der Waals surface area (Å²) in [6.45, 7) is 0. The first-order valence-corrected chi connectivity index (χ1v) is 9.91. The number of nitrogens with zero attached hydrogens (tertiary/aromatic N) is 3. The number of pyridine rings is 1. The number of nitriles is 1. The summed E-state index contributed by atoms with van der Waals surface area (Å²) in [5, 5.41) is 8.98. The van der Waals surface area contributed by atoms with Gasteiger partial charge in [-0.05, 0) is 47.7 Å². The summed E-state index contributed by atoms with van der Waals surface area (Å²) in [4.78, 5) is 31.4. The summed E-state index contributed by atoms with van der Waals surface area (Å²) < 4.78 is 28.5. The highest BCUT2D eigenvalue weighted by Gasteiger charge is 2.40. The molecular weight excluding hydrogens is 414 g/mol. The Morgan fingerprint density at radius 2 is 1.91 bits per heavy atom. The zero-order valence-corrected chi connectivity index (χ0v) is 16.8. The van der Waals surface area contributed by atoms with Crippen LogP contribution in [0.25, 0.3) is 0 Å². The van der Waals surface area contributed by atoms with Crippen LogP contribution in [0.1, 0.15) is 51.2 Å². The van der Waals surface area contributed by atoms with Crippen LogP contribution in [-0.2, 0) is 11.2 Å². The molecule has 0 saturated carbocycles. The maximum absolute atomic E-state index is 14.4. The zero-order valence-electron chi connectivity index (χ0n) is 16.8. The number of benzene rings is 2. The highest BCUT2D eigenvalue weighted by Crippen LogP contribution is 2.42. The van der Waals surface area contributed by atoms with Crippen molar-refractivity contribution in [3.8, 4) is 6.07 Å². The summed E-state index contributed by atoms with van der Waals surface area (Å²) in [5.74, 6) is -2.82. The van der Waals surface area contributed by atoms with E-state index < -0.39 is 35.5 Å². The van der Waals surface area contributed by atoms with Crippen LogP contribution in [0.3, 0.4) is 0 Å². The fraction of sp³-hybridized carbons (Fsp3) is 0.167. The van der Waals surface area contributed by atoms with Crippen molar-refractivity contribution in [3.05, 3.63) is 100 Å². The second kappa shape index (κ2) is 8.55. The monoisotopic (exact) mass is 432 g/mol. The lowest BCUT2D eigenvalue weighted by Crippen LogP contribution is -2.43. The third-order valence-electron chi connectivity index (χ3n) is 5.58. The van der Waals surface area contributed by atoms with E-state index in [4.69, 9.17) is 11.0 Å². The molecule has 2 atom stereocenters. The third kappa shape index (κ3) is 3.81. The molecule has 1 aliphatic carbocycles. The van der Waals surface area contributed by atoms with E-state index in [0.29, 0.717) is 23.1 Å². The van der Waals surface area contributed by atoms with Gasteiger partial charge in [0.15, 0.2) is 0 Å². The van der Waals surface area contributed by atoms with Crippen LogP contribution in [0.2, 0.25) is 0 Å². The number of fused-ring (bicyclic) bond motifs is 1. The second-order valence-electron chi connectivity index (χ2n) is 7.48. The molecule has 0 fully saturated rings. The van der Waals surface area contributed by atoms with Crippen LogP contribution in [-0.4, -0.2) is 21.7 Å². The number of primary amides is 1. The zero-order chi connectivity index (χ0) is 22.8. The molecule has 0 bridgehead atoms. The number of hydrogen-bond acceptors (Lipinski definition) is 4. The van der Waals surface area contributed by atoms with Crippen LogP contribution in [0, 0.1) is 23.0 Å². The Morgan fingerprint density at radius 3 is 2.53 bits per heavy atom. The predicted octanol–water partition coefficient (Wildman–Crippen LogP) is 3.59. The van der Waals surface area contributed by atoms with E-state index in [1.165, 1.54) is 29.3 Å². The first kappa shape index (κ1) is 21.1. The van der Waals surface area contributed by atoms with Gasteiger partial charge in [-0.15, -0.1) is 0 Å². The Labute approximate surface area is 182 Å². The topological polar surface area (TPSA) is 100 Å². The van der Waals surface area contributed by atoms with E-state index in [1.807, 2.05) is 6.07 Å². The standard InChI is InChI=1S/C24H18F2N4O2/c25-16-10-19-18(20(26)11-16)8-9-21(19)30(22(23(28)31)14-4-2-1-3-5-14)24(32)15-6-7-17(12-27)29-13-15/h1-7,10-11,13,21-22H,8-9H2,(H2,28,31)/t21-,22-/m1/s1. The molecule has 8 heteroatoms. The number of carbonyl (C=O) groups is 2. The quantitative estimate of drug-likeness (QED) is 0.666. The summed E-state index contributed by atoms with van der Waals surface area (Å²) in [7, 11) is 0. The minimum absolute atomic E-state index is 0.122. The molecule has 1 aromatic heterocycles. The van der Waals surface area contributed by atoms with E-state index in [2.05, 4.69) is 4.98 Å². The van der Waals surface area contributed by atoms with Gasteiger partial charge in [-0.2, -0.15) is 5.26 Å². The minimum Gasteiger partial charge on any atom is -0.368 e. The van der Waals surface area contributed by atoms with Crippen LogP contribution in [0.5, 0.6) is 0 Å². The molecule has 2 aromatic carbocycles. The molecule has 6 nitrogen and oxygen atoms in total. The van der Waals surface area contributed by atoms with Gasteiger partial charge in [-0.3, -0.25) is 9.59 Å². The highest BCUT2D eigenvalue weighted by molar-refractivity contribution is 5.98. The van der Waals surface area contributed by atoms with Crippen molar-refractivity contribution >= 4 is 11.8 Å². The Hall–Kier alpha value is -4.12. The van der Waals surface area contributed by atoms with Crippen molar-refractivity contribution in [3.63, 3.8) is 0 Å². The number of carbonyl (C=O) groups excluding carboxylic acids is 2. The van der Waals surface area contributed by atoms with Gasteiger partial charge < -0.3 is 10.6 Å². The van der Waals surface area contributed by atoms with E-state index in [0.717, 1.165) is 6.07 Å². The van der Waals surface area contributed by atoms with E-state index in [1.54, 1.807) is 30.3 Å². The third-order valence-corrected chi connectivity index (χ3v) is 5.58. The van der Waals surface area contributed by atoms with Crippen LogP contribution < -0.4 is 5.73 Å². The van der Waals surface area contributed by atoms with Gasteiger partial charge in [0.1, 0.15) is 29.4 Å². The van der Waals surface area contributed by atoms with Gasteiger partial charge in [0.05, 0.1) is 11.6 Å². The van der Waals surface area contributed by atoms with Gasteiger partial charge in [0.2, 0.25) is 5.91 Å².